The van der Waals surface area contributed by atoms with E-state index in [9.17, 15) is 14.7 Å². The van der Waals surface area contributed by atoms with Gasteiger partial charge in [-0.1, -0.05) is 12.7 Å². The molecule has 6 heteroatoms. The number of ether oxygens (including phenoxy) is 3. The average Bonchev–Trinajstić information content (AvgIpc) is 2.57. The Balaban J connectivity index is 1.54. The number of carbonyl (C=O) groups is 2. The van der Waals surface area contributed by atoms with Gasteiger partial charge in [-0.15, -0.1) is 6.58 Å². The monoisotopic (exact) mass is 392 g/mol. The van der Waals surface area contributed by atoms with E-state index in [0.717, 1.165) is 25.7 Å². The van der Waals surface area contributed by atoms with Crippen molar-refractivity contribution < 1.29 is 28.9 Å². The summed E-state index contributed by atoms with van der Waals surface area (Å²) in [5, 5.41) is 11.0. The van der Waals surface area contributed by atoms with E-state index < -0.39 is 29.7 Å². The van der Waals surface area contributed by atoms with Crippen molar-refractivity contribution in [3.8, 4) is 0 Å². The van der Waals surface area contributed by atoms with Crippen LogP contribution in [-0.2, 0) is 23.8 Å². The SMILES string of the molecule is C=CCOCC(=C)C(=O)OCC(=O)OC(C)(C)C12CC3CC(CC(O)(C3)C1)C2. The van der Waals surface area contributed by atoms with Crippen molar-refractivity contribution >= 4 is 11.9 Å². The highest BCUT2D eigenvalue weighted by molar-refractivity contribution is 5.89. The van der Waals surface area contributed by atoms with Gasteiger partial charge in [0.1, 0.15) is 5.60 Å². The molecular formula is C22H32O6. The largest absolute Gasteiger partial charge is 0.457 e. The summed E-state index contributed by atoms with van der Waals surface area (Å²) in [5.41, 5.74) is -1.43. The molecule has 4 aliphatic rings. The molecule has 6 nitrogen and oxygen atoms in total. The highest BCUT2D eigenvalue weighted by atomic mass is 16.6. The Morgan fingerprint density at radius 3 is 2.39 bits per heavy atom. The first kappa shape index (κ1) is 21.1. The third-order valence-corrected chi connectivity index (χ3v) is 6.80. The second-order valence-electron chi connectivity index (χ2n) is 9.43. The fourth-order valence-electron chi connectivity index (χ4n) is 5.89. The van der Waals surface area contributed by atoms with E-state index in [1.54, 1.807) is 6.08 Å². The van der Waals surface area contributed by atoms with Crippen LogP contribution in [0, 0.1) is 17.3 Å². The highest BCUT2D eigenvalue weighted by Gasteiger charge is 2.63. The molecule has 0 aliphatic heterocycles. The maximum absolute atomic E-state index is 12.4. The summed E-state index contributed by atoms with van der Waals surface area (Å²) in [5.74, 6) is -0.259. The Kier molecular flexibility index (Phi) is 5.74. The van der Waals surface area contributed by atoms with E-state index in [2.05, 4.69) is 13.2 Å². The maximum atomic E-state index is 12.4. The van der Waals surface area contributed by atoms with Gasteiger partial charge in [0.15, 0.2) is 6.61 Å². The van der Waals surface area contributed by atoms with Crippen LogP contribution in [0.15, 0.2) is 24.8 Å². The van der Waals surface area contributed by atoms with E-state index in [4.69, 9.17) is 14.2 Å². The lowest BCUT2D eigenvalue weighted by Crippen LogP contribution is -2.63. The number of hydrogen-bond donors (Lipinski definition) is 1. The second kappa shape index (κ2) is 7.64. The highest BCUT2D eigenvalue weighted by Crippen LogP contribution is 2.65. The Morgan fingerprint density at radius 1 is 1.18 bits per heavy atom. The first-order valence-corrected chi connectivity index (χ1v) is 10.1. The zero-order chi connectivity index (χ0) is 20.6. The van der Waals surface area contributed by atoms with E-state index in [1.807, 2.05) is 13.8 Å². The third kappa shape index (κ3) is 4.18. The summed E-state index contributed by atoms with van der Waals surface area (Å²) in [6.45, 7) is 10.8. The van der Waals surface area contributed by atoms with Crippen LogP contribution in [-0.4, -0.2) is 48.1 Å². The minimum atomic E-state index is -0.730. The summed E-state index contributed by atoms with van der Waals surface area (Å²) in [6, 6.07) is 0. The minimum absolute atomic E-state index is 0.0237. The smallest absolute Gasteiger partial charge is 0.344 e. The van der Waals surface area contributed by atoms with Gasteiger partial charge in [0.2, 0.25) is 0 Å². The summed E-state index contributed by atoms with van der Waals surface area (Å²) in [6.07, 6.45) is 7.09. The number of hydrogen-bond acceptors (Lipinski definition) is 6. The van der Waals surface area contributed by atoms with E-state index in [1.165, 1.54) is 6.42 Å². The van der Waals surface area contributed by atoms with Crippen LogP contribution >= 0.6 is 0 Å². The molecule has 156 valence electrons. The lowest BCUT2D eigenvalue weighted by molar-refractivity contribution is -0.233. The Hall–Kier alpha value is -1.66. The Morgan fingerprint density at radius 2 is 1.82 bits per heavy atom. The van der Waals surface area contributed by atoms with Crippen LogP contribution in [0.3, 0.4) is 0 Å². The van der Waals surface area contributed by atoms with Crippen LogP contribution < -0.4 is 0 Å². The van der Waals surface area contributed by atoms with E-state index in [-0.39, 0.29) is 17.6 Å². The first-order valence-electron chi connectivity index (χ1n) is 10.1. The van der Waals surface area contributed by atoms with Gasteiger partial charge in [-0.25, -0.2) is 9.59 Å². The molecule has 0 aromatic heterocycles. The molecule has 4 aliphatic carbocycles. The normalized spacial score (nSPS) is 33.4. The van der Waals surface area contributed by atoms with Gasteiger partial charge >= 0.3 is 11.9 Å². The van der Waals surface area contributed by atoms with E-state index >= 15 is 0 Å². The molecule has 4 fully saturated rings. The summed E-state index contributed by atoms with van der Waals surface area (Å²) in [7, 11) is 0. The van der Waals surface area contributed by atoms with Crippen molar-refractivity contribution in [3.05, 3.63) is 24.8 Å². The Bertz CT molecular complexity index is 650. The van der Waals surface area contributed by atoms with Gasteiger partial charge < -0.3 is 19.3 Å². The zero-order valence-electron chi connectivity index (χ0n) is 17.0. The fourth-order valence-corrected chi connectivity index (χ4v) is 5.89. The zero-order valence-corrected chi connectivity index (χ0v) is 17.0. The summed E-state index contributed by atoms with van der Waals surface area (Å²) < 4.78 is 15.9. The summed E-state index contributed by atoms with van der Waals surface area (Å²) >= 11 is 0. The van der Waals surface area contributed by atoms with Crippen molar-refractivity contribution in [3.63, 3.8) is 0 Å². The molecule has 1 N–H and O–H groups in total. The van der Waals surface area contributed by atoms with Crippen molar-refractivity contribution in [2.24, 2.45) is 17.3 Å². The topological polar surface area (TPSA) is 82.1 Å². The molecule has 0 saturated heterocycles. The summed E-state index contributed by atoms with van der Waals surface area (Å²) in [4.78, 5) is 24.3. The fraction of sp³-hybridized carbons (Fsp3) is 0.727. The molecule has 2 unspecified atom stereocenters. The van der Waals surface area contributed by atoms with Gasteiger partial charge in [-0.05, 0) is 64.2 Å². The van der Waals surface area contributed by atoms with Crippen LogP contribution in [0.1, 0.15) is 52.4 Å². The van der Waals surface area contributed by atoms with Crippen molar-refractivity contribution in [2.75, 3.05) is 19.8 Å². The van der Waals surface area contributed by atoms with Crippen molar-refractivity contribution in [1.82, 2.24) is 0 Å². The number of aliphatic hydroxyl groups is 1. The average molecular weight is 392 g/mol. The molecule has 4 saturated carbocycles. The molecule has 28 heavy (non-hydrogen) atoms. The molecule has 0 aromatic rings. The number of carbonyl (C=O) groups excluding carboxylic acids is 2. The lowest BCUT2D eigenvalue weighted by atomic mass is 9.44. The molecule has 0 spiro atoms. The maximum Gasteiger partial charge on any atom is 0.344 e. The standard InChI is InChI=1S/C22H32O6/c1-5-6-26-12-15(2)19(24)27-13-18(23)28-20(3,4)21-8-16-7-17(9-21)11-22(25,10-16)14-21/h5,16-17,25H,1-2,6-14H2,3-4H3. The van der Waals surface area contributed by atoms with Gasteiger partial charge in [-0.2, -0.15) is 0 Å². The molecular weight excluding hydrogens is 360 g/mol. The molecule has 0 heterocycles. The van der Waals surface area contributed by atoms with Crippen molar-refractivity contribution in [2.45, 2.75) is 63.6 Å². The molecule has 2 atom stereocenters. The van der Waals surface area contributed by atoms with Crippen LogP contribution in [0.25, 0.3) is 0 Å². The minimum Gasteiger partial charge on any atom is -0.457 e. The molecule has 0 aromatic carbocycles. The molecule has 0 radical (unpaired) electrons. The lowest BCUT2D eigenvalue weighted by Gasteiger charge is -2.64. The second-order valence-corrected chi connectivity index (χ2v) is 9.43. The quantitative estimate of drug-likeness (QED) is 0.281. The molecule has 4 rings (SSSR count). The number of esters is 2. The van der Waals surface area contributed by atoms with Crippen LogP contribution in [0.4, 0.5) is 0 Å². The van der Waals surface area contributed by atoms with Gasteiger partial charge in [0, 0.05) is 5.41 Å². The van der Waals surface area contributed by atoms with Crippen LogP contribution in [0.5, 0.6) is 0 Å². The predicted octanol–water partition coefficient (Wildman–Crippen LogP) is 2.94. The van der Waals surface area contributed by atoms with Gasteiger partial charge in [-0.3, -0.25) is 0 Å². The van der Waals surface area contributed by atoms with Crippen LogP contribution in [0.2, 0.25) is 0 Å². The first-order chi connectivity index (χ1) is 13.1. The predicted molar refractivity (Wildman–Crippen MR) is 103 cm³/mol. The molecule has 4 bridgehead atoms. The van der Waals surface area contributed by atoms with E-state index in [0.29, 0.717) is 24.9 Å². The molecule has 0 amide bonds. The van der Waals surface area contributed by atoms with Crippen molar-refractivity contribution in [1.29, 1.82) is 0 Å². The Labute approximate surface area is 166 Å². The van der Waals surface area contributed by atoms with Gasteiger partial charge in [0.05, 0.1) is 24.4 Å². The van der Waals surface area contributed by atoms with Gasteiger partial charge in [0.25, 0.3) is 0 Å². The third-order valence-electron chi connectivity index (χ3n) is 6.80. The number of rotatable bonds is 9.